The largest absolute Gasteiger partial charge is 0.396 e. The van der Waals surface area contributed by atoms with E-state index in [1.807, 2.05) is 18.3 Å². The smallest absolute Gasteiger partial charge is 0.151 e. The van der Waals surface area contributed by atoms with Crippen LogP contribution in [0.1, 0.15) is 32.1 Å². The average Bonchev–Trinajstić information content (AvgIpc) is 2.37. The Bertz CT molecular complexity index is 457. The third kappa shape index (κ3) is 1.74. The highest BCUT2D eigenvalue weighted by molar-refractivity contribution is 5.62. The molecule has 4 aliphatic carbocycles. The molecule has 1 heterocycles. The summed E-state index contributed by atoms with van der Waals surface area (Å²) >= 11 is 0. The van der Waals surface area contributed by atoms with Crippen molar-refractivity contribution < 1.29 is 0 Å². The predicted molar refractivity (Wildman–Crippen MR) is 77.9 cm³/mol. The van der Waals surface area contributed by atoms with Gasteiger partial charge in [0.25, 0.3) is 0 Å². The number of rotatable bonds is 2. The van der Waals surface area contributed by atoms with Gasteiger partial charge in [-0.3, -0.25) is 0 Å². The molecule has 0 aromatic carbocycles. The van der Waals surface area contributed by atoms with Crippen LogP contribution in [0.2, 0.25) is 0 Å². The van der Waals surface area contributed by atoms with Gasteiger partial charge in [0, 0.05) is 19.3 Å². The van der Waals surface area contributed by atoms with Crippen molar-refractivity contribution in [3.63, 3.8) is 0 Å². The molecule has 2 N–H and O–H groups in total. The Morgan fingerprint density at radius 2 is 1.74 bits per heavy atom. The number of hydrogen-bond acceptors (Lipinski definition) is 3. The molecule has 0 spiro atoms. The summed E-state index contributed by atoms with van der Waals surface area (Å²) < 4.78 is 0. The zero-order chi connectivity index (χ0) is 13.0. The lowest BCUT2D eigenvalue weighted by molar-refractivity contribution is -0.00138. The van der Waals surface area contributed by atoms with E-state index in [4.69, 9.17) is 5.73 Å². The van der Waals surface area contributed by atoms with Crippen LogP contribution in [-0.4, -0.2) is 18.1 Å². The summed E-state index contributed by atoms with van der Waals surface area (Å²) in [6, 6.07) is 4.56. The van der Waals surface area contributed by atoms with Gasteiger partial charge in [0.2, 0.25) is 0 Å². The molecule has 4 bridgehead atoms. The molecular formula is C16H23N3. The van der Waals surface area contributed by atoms with Crippen LogP contribution in [0.4, 0.5) is 11.5 Å². The summed E-state index contributed by atoms with van der Waals surface area (Å²) in [6.07, 6.45) is 9.13. The highest BCUT2D eigenvalue weighted by Gasteiger charge is 2.49. The second-order valence-corrected chi connectivity index (χ2v) is 6.95. The van der Waals surface area contributed by atoms with Crippen molar-refractivity contribution in [2.45, 2.75) is 38.1 Å². The monoisotopic (exact) mass is 257 g/mol. The van der Waals surface area contributed by atoms with E-state index in [0.29, 0.717) is 6.04 Å². The van der Waals surface area contributed by atoms with Crippen molar-refractivity contribution in [1.29, 1.82) is 0 Å². The molecule has 19 heavy (non-hydrogen) atoms. The maximum absolute atomic E-state index is 6.11. The van der Waals surface area contributed by atoms with Crippen molar-refractivity contribution in [2.24, 2.45) is 23.7 Å². The fourth-order valence-electron chi connectivity index (χ4n) is 5.37. The van der Waals surface area contributed by atoms with Crippen molar-refractivity contribution in [3.8, 4) is 0 Å². The summed E-state index contributed by atoms with van der Waals surface area (Å²) in [4.78, 5) is 6.90. The van der Waals surface area contributed by atoms with Crippen LogP contribution in [0, 0.1) is 23.7 Å². The Hall–Kier alpha value is -1.25. The van der Waals surface area contributed by atoms with E-state index < -0.39 is 0 Å². The summed E-state index contributed by atoms with van der Waals surface area (Å²) in [5.41, 5.74) is 6.93. The molecule has 4 fully saturated rings. The Kier molecular flexibility index (Phi) is 2.51. The van der Waals surface area contributed by atoms with E-state index in [1.54, 1.807) is 0 Å². The highest BCUT2D eigenvalue weighted by Crippen LogP contribution is 2.55. The molecule has 5 rings (SSSR count). The highest BCUT2D eigenvalue weighted by atomic mass is 15.2. The van der Waals surface area contributed by atoms with Crippen LogP contribution in [0.15, 0.2) is 18.3 Å². The van der Waals surface area contributed by atoms with E-state index >= 15 is 0 Å². The maximum Gasteiger partial charge on any atom is 0.151 e. The van der Waals surface area contributed by atoms with Crippen LogP contribution in [0.3, 0.4) is 0 Å². The molecule has 0 aliphatic heterocycles. The van der Waals surface area contributed by atoms with E-state index in [-0.39, 0.29) is 0 Å². The number of aromatic nitrogens is 1. The Morgan fingerprint density at radius 1 is 1.11 bits per heavy atom. The van der Waals surface area contributed by atoms with Crippen molar-refractivity contribution >= 4 is 11.5 Å². The molecule has 0 radical (unpaired) electrons. The third-order valence-electron chi connectivity index (χ3n) is 5.78. The number of pyridine rings is 1. The number of nitrogens with zero attached hydrogens (tertiary/aromatic N) is 2. The molecule has 1 aromatic rings. The lowest BCUT2D eigenvalue weighted by Crippen LogP contribution is -2.55. The molecular weight excluding hydrogens is 234 g/mol. The lowest BCUT2D eigenvalue weighted by Gasteiger charge is -2.56. The third-order valence-corrected chi connectivity index (χ3v) is 5.78. The second kappa shape index (κ2) is 4.12. The molecule has 0 saturated heterocycles. The first kappa shape index (κ1) is 11.6. The van der Waals surface area contributed by atoms with E-state index in [1.165, 1.54) is 32.1 Å². The summed E-state index contributed by atoms with van der Waals surface area (Å²) in [5.74, 6) is 4.78. The Balaban J connectivity index is 1.64. The van der Waals surface area contributed by atoms with Gasteiger partial charge in [0.05, 0.1) is 5.69 Å². The molecule has 4 aliphatic rings. The van der Waals surface area contributed by atoms with E-state index in [2.05, 4.69) is 16.9 Å². The molecule has 4 saturated carbocycles. The van der Waals surface area contributed by atoms with Gasteiger partial charge in [0.15, 0.2) is 5.82 Å². The van der Waals surface area contributed by atoms with Crippen LogP contribution in [0.25, 0.3) is 0 Å². The zero-order valence-corrected chi connectivity index (χ0v) is 11.6. The van der Waals surface area contributed by atoms with E-state index in [9.17, 15) is 0 Å². The van der Waals surface area contributed by atoms with Crippen molar-refractivity contribution in [1.82, 2.24) is 4.98 Å². The number of hydrogen-bond donors (Lipinski definition) is 1. The van der Waals surface area contributed by atoms with Gasteiger partial charge in [-0.2, -0.15) is 0 Å². The quantitative estimate of drug-likeness (QED) is 0.885. The fourth-order valence-corrected chi connectivity index (χ4v) is 5.37. The van der Waals surface area contributed by atoms with Gasteiger partial charge in [0.1, 0.15) is 0 Å². The summed E-state index contributed by atoms with van der Waals surface area (Å²) in [6.45, 7) is 0. The van der Waals surface area contributed by atoms with Crippen LogP contribution in [-0.2, 0) is 0 Å². The average molecular weight is 257 g/mol. The van der Waals surface area contributed by atoms with Crippen LogP contribution in [0.5, 0.6) is 0 Å². The maximum atomic E-state index is 6.11. The minimum atomic E-state index is 0.671. The first-order chi connectivity index (χ1) is 9.22. The molecule has 0 atom stereocenters. The molecule has 1 aromatic heterocycles. The van der Waals surface area contributed by atoms with Crippen molar-refractivity contribution in [3.05, 3.63) is 18.3 Å². The summed E-state index contributed by atoms with van der Waals surface area (Å²) in [5, 5.41) is 0. The van der Waals surface area contributed by atoms with Gasteiger partial charge in [-0.25, -0.2) is 4.98 Å². The Morgan fingerprint density at radius 3 is 2.32 bits per heavy atom. The lowest BCUT2D eigenvalue weighted by atomic mass is 9.54. The summed E-state index contributed by atoms with van der Waals surface area (Å²) in [7, 11) is 2.20. The fraction of sp³-hybridized carbons (Fsp3) is 0.688. The molecule has 0 amide bonds. The number of nitrogens with two attached hydrogens (primary N) is 1. The van der Waals surface area contributed by atoms with Crippen LogP contribution < -0.4 is 10.6 Å². The second-order valence-electron chi connectivity index (χ2n) is 6.95. The number of nitrogen functional groups attached to an aromatic ring is 1. The first-order valence-corrected chi connectivity index (χ1v) is 7.65. The van der Waals surface area contributed by atoms with Gasteiger partial charge in [-0.15, -0.1) is 0 Å². The van der Waals surface area contributed by atoms with Gasteiger partial charge in [-0.1, -0.05) is 0 Å². The van der Waals surface area contributed by atoms with Gasteiger partial charge in [-0.05, 0) is 67.9 Å². The topological polar surface area (TPSA) is 42.2 Å². The molecule has 3 heteroatoms. The van der Waals surface area contributed by atoms with Gasteiger partial charge < -0.3 is 10.6 Å². The molecule has 0 unspecified atom stereocenters. The zero-order valence-electron chi connectivity index (χ0n) is 11.6. The normalized spacial score (nSPS) is 39.5. The minimum Gasteiger partial charge on any atom is -0.396 e. The SMILES string of the molecule is CN(c1ncccc1N)C1C2CC3CC(C2)CC1C3. The molecule has 3 nitrogen and oxygen atoms in total. The van der Waals surface area contributed by atoms with Crippen LogP contribution >= 0.6 is 0 Å². The first-order valence-electron chi connectivity index (χ1n) is 7.65. The number of anilines is 2. The predicted octanol–water partition coefficient (Wildman–Crippen LogP) is 2.92. The Labute approximate surface area is 115 Å². The minimum absolute atomic E-state index is 0.671. The molecule has 102 valence electrons. The standard InChI is InChI=1S/C16H23N3/c1-19(16-14(17)3-2-4-18-16)15-12-6-10-5-11(8-12)9-13(15)7-10/h2-4,10-13,15H,5-9,17H2,1H3. The van der Waals surface area contributed by atoms with Gasteiger partial charge >= 0.3 is 0 Å². The van der Waals surface area contributed by atoms with E-state index in [0.717, 1.165) is 35.2 Å². The van der Waals surface area contributed by atoms with Crippen molar-refractivity contribution in [2.75, 3.05) is 17.7 Å².